The highest BCUT2D eigenvalue weighted by atomic mass is 35.5. The summed E-state index contributed by atoms with van der Waals surface area (Å²) in [5.41, 5.74) is 2.52. The van der Waals surface area contributed by atoms with Gasteiger partial charge in [-0.05, 0) is 29.4 Å². The summed E-state index contributed by atoms with van der Waals surface area (Å²) in [5.74, 6) is 1.09. The molecule has 2 unspecified atom stereocenters. The smallest absolute Gasteiger partial charge is 0.0613 e. The molecule has 17 heavy (non-hydrogen) atoms. The molecular formula is C15H23ClO. The summed E-state index contributed by atoms with van der Waals surface area (Å²) in [6.07, 6.45) is 0.962. The molecule has 1 rings (SSSR count). The third-order valence-electron chi connectivity index (χ3n) is 3.41. The van der Waals surface area contributed by atoms with Crippen LogP contribution in [-0.2, 0) is 11.2 Å². The molecule has 0 aliphatic rings. The van der Waals surface area contributed by atoms with Crippen molar-refractivity contribution in [3.8, 4) is 0 Å². The highest BCUT2D eigenvalue weighted by molar-refractivity contribution is 6.21. The maximum atomic E-state index is 6.48. The largest absolute Gasteiger partial charge is 0.384 e. The van der Waals surface area contributed by atoms with Gasteiger partial charge in [0.05, 0.1) is 12.0 Å². The fraction of sp³-hybridized carbons (Fsp3) is 0.600. The summed E-state index contributed by atoms with van der Waals surface area (Å²) in [6, 6.07) is 8.58. The minimum absolute atomic E-state index is 0.103. The third kappa shape index (κ3) is 4.33. The number of rotatable bonds is 6. The van der Waals surface area contributed by atoms with E-state index < -0.39 is 0 Å². The molecule has 0 spiro atoms. The van der Waals surface area contributed by atoms with Crippen LogP contribution in [0.5, 0.6) is 0 Å². The number of benzene rings is 1. The second-order valence-electron chi connectivity index (χ2n) is 4.99. The molecule has 0 saturated heterocycles. The van der Waals surface area contributed by atoms with Crippen LogP contribution in [0.1, 0.15) is 37.3 Å². The van der Waals surface area contributed by atoms with Crippen LogP contribution in [0.15, 0.2) is 24.3 Å². The SMILES string of the molecule is COCCc1ccc(C(Cl)C(C)C(C)C)cc1. The zero-order chi connectivity index (χ0) is 12.8. The molecule has 0 fully saturated rings. The Morgan fingerprint density at radius 1 is 1.12 bits per heavy atom. The number of alkyl halides is 1. The van der Waals surface area contributed by atoms with Gasteiger partial charge in [0.1, 0.15) is 0 Å². The normalized spacial score (nSPS) is 14.9. The first kappa shape index (κ1) is 14.5. The lowest BCUT2D eigenvalue weighted by Crippen LogP contribution is -2.10. The second kappa shape index (κ2) is 7.03. The van der Waals surface area contributed by atoms with Crippen molar-refractivity contribution in [1.82, 2.24) is 0 Å². The van der Waals surface area contributed by atoms with Gasteiger partial charge in [-0.3, -0.25) is 0 Å². The maximum Gasteiger partial charge on any atom is 0.0613 e. The van der Waals surface area contributed by atoms with Gasteiger partial charge in [-0.25, -0.2) is 0 Å². The summed E-state index contributed by atoms with van der Waals surface area (Å²) >= 11 is 6.48. The highest BCUT2D eigenvalue weighted by Gasteiger charge is 2.19. The monoisotopic (exact) mass is 254 g/mol. The van der Waals surface area contributed by atoms with E-state index in [9.17, 15) is 0 Å². The van der Waals surface area contributed by atoms with Crippen LogP contribution < -0.4 is 0 Å². The molecule has 0 saturated carbocycles. The van der Waals surface area contributed by atoms with Crippen molar-refractivity contribution in [3.63, 3.8) is 0 Å². The molecule has 0 amide bonds. The summed E-state index contributed by atoms with van der Waals surface area (Å²) in [7, 11) is 1.73. The standard InChI is InChI=1S/C15H23ClO/c1-11(2)12(3)15(16)14-7-5-13(6-8-14)9-10-17-4/h5-8,11-12,15H,9-10H2,1-4H3. The number of methoxy groups -OCH3 is 1. The molecule has 0 radical (unpaired) electrons. The van der Waals surface area contributed by atoms with Crippen molar-refractivity contribution >= 4 is 11.6 Å². The van der Waals surface area contributed by atoms with Crippen molar-refractivity contribution in [3.05, 3.63) is 35.4 Å². The lowest BCUT2D eigenvalue weighted by Gasteiger charge is -2.22. The van der Waals surface area contributed by atoms with Crippen LogP contribution in [0.3, 0.4) is 0 Å². The van der Waals surface area contributed by atoms with E-state index in [4.69, 9.17) is 16.3 Å². The summed E-state index contributed by atoms with van der Waals surface area (Å²) in [5, 5.41) is 0.103. The molecule has 2 atom stereocenters. The number of ether oxygens (including phenoxy) is 1. The molecule has 0 bridgehead atoms. The molecule has 2 heteroatoms. The van der Waals surface area contributed by atoms with Crippen LogP contribution in [-0.4, -0.2) is 13.7 Å². The Balaban J connectivity index is 2.66. The zero-order valence-corrected chi connectivity index (χ0v) is 12.0. The molecule has 1 nitrogen and oxygen atoms in total. The van der Waals surface area contributed by atoms with Crippen LogP contribution >= 0.6 is 11.6 Å². The number of hydrogen-bond acceptors (Lipinski definition) is 1. The molecule has 0 heterocycles. The summed E-state index contributed by atoms with van der Waals surface area (Å²) < 4.78 is 5.07. The van der Waals surface area contributed by atoms with E-state index in [1.165, 1.54) is 11.1 Å². The van der Waals surface area contributed by atoms with Gasteiger partial charge in [0.25, 0.3) is 0 Å². The average molecular weight is 255 g/mol. The second-order valence-corrected chi connectivity index (χ2v) is 5.46. The predicted octanol–water partition coefficient (Wildman–Crippen LogP) is 4.45. The first-order valence-corrected chi connectivity index (χ1v) is 6.71. The first-order chi connectivity index (χ1) is 8.06. The van der Waals surface area contributed by atoms with E-state index in [0.29, 0.717) is 11.8 Å². The quantitative estimate of drug-likeness (QED) is 0.682. The first-order valence-electron chi connectivity index (χ1n) is 6.28. The minimum atomic E-state index is 0.103. The zero-order valence-electron chi connectivity index (χ0n) is 11.2. The van der Waals surface area contributed by atoms with Crippen LogP contribution in [0.4, 0.5) is 0 Å². The lowest BCUT2D eigenvalue weighted by molar-refractivity contribution is 0.202. The van der Waals surface area contributed by atoms with Crippen molar-refractivity contribution in [1.29, 1.82) is 0 Å². The van der Waals surface area contributed by atoms with Gasteiger partial charge in [0, 0.05) is 7.11 Å². The van der Waals surface area contributed by atoms with Crippen molar-refractivity contribution in [2.45, 2.75) is 32.6 Å². The van der Waals surface area contributed by atoms with E-state index in [0.717, 1.165) is 13.0 Å². The van der Waals surface area contributed by atoms with Crippen molar-refractivity contribution < 1.29 is 4.74 Å². The van der Waals surface area contributed by atoms with Gasteiger partial charge in [-0.2, -0.15) is 0 Å². The Bertz CT molecular complexity index is 318. The number of hydrogen-bond donors (Lipinski definition) is 0. The van der Waals surface area contributed by atoms with Crippen molar-refractivity contribution in [2.24, 2.45) is 11.8 Å². The highest BCUT2D eigenvalue weighted by Crippen LogP contribution is 2.33. The Kier molecular flexibility index (Phi) is 6.01. The average Bonchev–Trinajstić information content (AvgIpc) is 2.35. The molecular weight excluding hydrogens is 232 g/mol. The molecule has 96 valence electrons. The van der Waals surface area contributed by atoms with E-state index in [-0.39, 0.29) is 5.38 Å². The van der Waals surface area contributed by atoms with E-state index in [1.807, 2.05) is 0 Å². The van der Waals surface area contributed by atoms with Gasteiger partial charge < -0.3 is 4.74 Å². The lowest BCUT2D eigenvalue weighted by atomic mass is 9.90. The van der Waals surface area contributed by atoms with Gasteiger partial charge in [0.2, 0.25) is 0 Å². The third-order valence-corrected chi connectivity index (χ3v) is 4.06. The molecule has 1 aromatic rings. The summed E-state index contributed by atoms with van der Waals surface area (Å²) in [6.45, 7) is 7.41. The van der Waals surface area contributed by atoms with Gasteiger partial charge in [-0.15, -0.1) is 11.6 Å². The topological polar surface area (TPSA) is 9.23 Å². The minimum Gasteiger partial charge on any atom is -0.384 e. The van der Waals surface area contributed by atoms with E-state index in [2.05, 4.69) is 45.0 Å². The van der Waals surface area contributed by atoms with Crippen LogP contribution in [0.25, 0.3) is 0 Å². The summed E-state index contributed by atoms with van der Waals surface area (Å²) in [4.78, 5) is 0. The van der Waals surface area contributed by atoms with E-state index >= 15 is 0 Å². The van der Waals surface area contributed by atoms with Gasteiger partial charge in [0.15, 0.2) is 0 Å². The molecule has 0 aliphatic carbocycles. The maximum absolute atomic E-state index is 6.48. The Labute approximate surface area is 110 Å². The number of halogens is 1. The van der Waals surface area contributed by atoms with Crippen molar-refractivity contribution in [2.75, 3.05) is 13.7 Å². The van der Waals surface area contributed by atoms with Crippen LogP contribution in [0.2, 0.25) is 0 Å². The van der Waals surface area contributed by atoms with E-state index in [1.54, 1.807) is 7.11 Å². The Morgan fingerprint density at radius 3 is 2.18 bits per heavy atom. The fourth-order valence-corrected chi connectivity index (χ4v) is 2.17. The van der Waals surface area contributed by atoms with Gasteiger partial charge in [-0.1, -0.05) is 45.0 Å². The molecule has 1 aromatic carbocycles. The van der Waals surface area contributed by atoms with Crippen LogP contribution in [0, 0.1) is 11.8 Å². The molecule has 0 aromatic heterocycles. The Hall–Kier alpha value is -0.530. The van der Waals surface area contributed by atoms with Gasteiger partial charge >= 0.3 is 0 Å². The molecule has 0 N–H and O–H groups in total. The predicted molar refractivity (Wildman–Crippen MR) is 74.6 cm³/mol. The fourth-order valence-electron chi connectivity index (χ4n) is 1.73. The molecule has 0 aliphatic heterocycles. The Morgan fingerprint density at radius 2 is 1.71 bits per heavy atom.